The van der Waals surface area contributed by atoms with E-state index in [4.69, 9.17) is 4.42 Å². The van der Waals surface area contributed by atoms with E-state index >= 15 is 0 Å². The van der Waals surface area contributed by atoms with Crippen molar-refractivity contribution in [2.45, 2.75) is 26.4 Å². The molecule has 1 amide bonds. The predicted molar refractivity (Wildman–Crippen MR) is 76.5 cm³/mol. The molecule has 0 saturated heterocycles. The molecular formula is C16H17F2NO3. The molecule has 118 valence electrons. The van der Waals surface area contributed by atoms with Crippen LogP contribution in [0.3, 0.4) is 0 Å². The molecule has 0 bridgehead atoms. The highest BCUT2D eigenvalue weighted by Crippen LogP contribution is 2.20. The molecule has 4 nitrogen and oxygen atoms in total. The minimum Gasteiger partial charge on any atom is -0.456 e. The normalized spacial score (nSPS) is 12.2. The van der Waals surface area contributed by atoms with Gasteiger partial charge in [0.15, 0.2) is 5.76 Å². The van der Waals surface area contributed by atoms with Crippen molar-refractivity contribution in [2.24, 2.45) is 0 Å². The number of carbonyl (C=O) groups is 1. The van der Waals surface area contributed by atoms with Crippen molar-refractivity contribution in [2.75, 3.05) is 6.54 Å². The number of benzene rings is 1. The van der Waals surface area contributed by atoms with Crippen molar-refractivity contribution in [3.63, 3.8) is 0 Å². The maximum Gasteiger partial charge on any atom is 0.287 e. The molecule has 2 aromatic rings. The number of hydrogen-bond acceptors (Lipinski definition) is 3. The van der Waals surface area contributed by atoms with Crippen LogP contribution in [0.15, 0.2) is 28.7 Å². The van der Waals surface area contributed by atoms with Gasteiger partial charge in [0.1, 0.15) is 23.5 Å². The van der Waals surface area contributed by atoms with Gasteiger partial charge >= 0.3 is 0 Å². The first-order valence-corrected chi connectivity index (χ1v) is 6.93. The van der Waals surface area contributed by atoms with Gasteiger partial charge in [0.2, 0.25) is 0 Å². The fourth-order valence-corrected chi connectivity index (χ4v) is 2.19. The van der Waals surface area contributed by atoms with Gasteiger partial charge in [-0.05, 0) is 30.7 Å². The maximum atomic E-state index is 13.5. The van der Waals surface area contributed by atoms with Crippen LogP contribution in [0.2, 0.25) is 0 Å². The van der Waals surface area contributed by atoms with E-state index in [1.54, 1.807) is 6.07 Å². The third kappa shape index (κ3) is 3.33. The summed E-state index contributed by atoms with van der Waals surface area (Å²) in [5.41, 5.74) is 0.390. The summed E-state index contributed by atoms with van der Waals surface area (Å²) < 4.78 is 32.4. The number of rotatable bonds is 5. The molecule has 1 atom stereocenters. The summed E-state index contributed by atoms with van der Waals surface area (Å²) in [4.78, 5) is 11.9. The van der Waals surface area contributed by atoms with Crippen molar-refractivity contribution in [3.8, 4) is 0 Å². The number of carbonyl (C=O) groups excluding carboxylic acids is 1. The number of amides is 1. The van der Waals surface area contributed by atoms with Crippen LogP contribution in [0.5, 0.6) is 0 Å². The Kier molecular flexibility index (Phi) is 4.92. The van der Waals surface area contributed by atoms with Crippen LogP contribution in [-0.4, -0.2) is 17.6 Å². The third-order valence-electron chi connectivity index (χ3n) is 3.35. The zero-order valence-electron chi connectivity index (χ0n) is 12.3. The molecule has 0 aliphatic carbocycles. The van der Waals surface area contributed by atoms with E-state index in [1.165, 1.54) is 6.07 Å². The highest BCUT2D eigenvalue weighted by atomic mass is 19.1. The van der Waals surface area contributed by atoms with Crippen LogP contribution in [-0.2, 0) is 6.42 Å². The molecule has 0 radical (unpaired) electrons. The van der Waals surface area contributed by atoms with Gasteiger partial charge in [-0.3, -0.25) is 4.79 Å². The number of aliphatic hydroxyl groups excluding tert-OH is 1. The van der Waals surface area contributed by atoms with Crippen molar-refractivity contribution in [1.29, 1.82) is 0 Å². The van der Waals surface area contributed by atoms with Crippen LogP contribution in [0.1, 0.15) is 40.5 Å². The number of halogens is 2. The van der Waals surface area contributed by atoms with Gasteiger partial charge in [-0.15, -0.1) is 0 Å². The summed E-state index contributed by atoms with van der Waals surface area (Å²) in [6, 6.07) is 4.89. The molecule has 6 heteroatoms. The van der Waals surface area contributed by atoms with E-state index in [1.807, 2.05) is 13.8 Å². The smallest absolute Gasteiger partial charge is 0.287 e. The largest absolute Gasteiger partial charge is 0.456 e. The van der Waals surface area contributed by atoms with E-state index in [9.17, 15) is 18.7 Å². The van der Waals surface area contributed by atoms with Crippen LogP contribution in [0, 0.1) is 18.6 Å². The number of aryl methyl sites for hydroxylation is 2. The van der Waals surface area contributed by atoms with Crippen molar-refractivity contribution in [1.82, 2.24) is 5.32 Å². The van der Waals surface area contributed by atoms with E-state index in [-0.39, 0.29) is 12.3 Å². The molecule has 22 heavy (non-hydrogen) atoms. The Bertz CT molecular complexity index is 662. The van der Waals surface area contributed by atoms with Gasteiger partial charge in [-0.1, -0.05) is 13.0 Å². The lowest BCUT2D eigenvalue weighted by Gasteiger charge is -2.13. The first-order chi connectivity index (χ1) is 10.4. The number of furan rings is 1. The predicted octanol–water partition coefficient (Wildman–Crippen LogP) is 2.89. The SMILES string of the molecule is CCc1oc(C(=O)NCC(O)c2c(F)cccc2F)cc1C. The molecule has 2 rings (SSSR count). The van der Waals surface area contributed by atoms with E-state index < -0.39 is 29.2 Å². The molecule has 2 N–H and O–H groups in total. The summed E-state index contributed by atoms with van der Waals surface area (Å²) >= 11 is 0. The van der Waals surface area contributed by atoms with Gasteiger partial charge in [0, 0.05) is 13.0 Å². The standard InChI is InChI=1S/C16H17F2NO3/c1-3-13-9(2)7-14(22-13)16(21)19-8-12(20)15-10(17)5-4-6-11(15)18/h4-7,12,20H,3,8H2,1-2H3,(H,19,21). The number of nitrogens with one attached hydrogen (secondary N) is 1. The Hall–Kier alpha value is -2.21. The molecular weight excluding hydrogens is 292 g/mol. The second-order valence-electron chi connectivity index (χ2n) is 4.93. The Morgan fingerprint density at radius 3 is 2.55 bits per heavy atom. The van der Waals surface area contributed by atoms with Gasteiger partial charge < -0.3 is 14.8 Å². The number of aliphatic hydroxyl groups is 1. The van der Waals surface area contributed by atoms with Gasteiger partial charge in [0.05, 0.1) is 5.56 Å². The summed E-state index contributed by atoms with van der Waals surface area (Å²) in [6.45, 7) is 3.40. The zero-order chi connectivity index (χ0) is 16.3. The van der Waals surface area contributed by atoms with Crippen LogP contribution >= 0.6 is 0 Å². The molecule has 0 aliphatic rings. The molecule has 0 saturated carbocycles. The lowest BCUT2D eigenvalue weighted by Crippen LogP contribution is -2.28. The first-order valence-electron chi connectivity index (χ1n) is 6.93. The summed E-state index contributed by atoms with van der Waals surface area (Å²) in [7, 11) is 0. The van der Waals surface area contributed by atoms with E-state index in [2.05, 4.69) is 5.32 Å². The zero-order valence-corrected chi connectivity index (χ0v) is 12.3. The Morgan fingerprint density at radius 2 is 2.00 bits per heavy atom. The van der Waals surface area contributed by atoms with Gasteiger partial charge in [0.25, 0.3) is 5.91 Å². The first kappa shape index (κ1) is 16.2. The molecule has 1 unspecified atom stereocenters. The summed E-state index contributed by atoms with van der Waals surface area (Å²) in [5.74, 6) is -1.45. The Balaban J connectivity index is 2.04. The molecule has 1 aromatic carbocycles. The van der Waals surface area contributed by atoms with Crippen molar-refractivity contribution >= 4 is 5.91 Å². The second kappa shape index (κ2) is 6.70. The topological polar surface area (TPSA) is 62.5 Å². The lowest BCUT2D eigenvalue weighted by molar-refractivity contribution is 0.0882. The maximum absolute atomic E-state index is 13.5. The quantitative estimate of drug-likeness (QED) is 0.892. The summed E-state index contributed by atoms with van der Waals surface area (Å²) in [5, 5.41) is 12.3. The van der Waals surface area contributed by atoms with E-state index in [0.29, 0.717) is 12.2 Å². The average molecular weight is 309 g/mol. The molecule has 0 fully saturated rings. The third-order valence-corrected chi connectivity index (χ3v) is 3.35. The van der Waals surface area contributed by atoms with Crippen LogP contribution in [0.25, 0.3) is 0 Å². The monoisotopic (exact) mass is 309 g/mol. The Morgan fingerprint density at radius 1 is 1.36 bits per heavy atom. The molecule has 1 heterocycles. The lowest BCUT2D eigenvalue weighted by atomic mass is 10.1. The van der Waals surface area contributed by atoms with Crippen molar-refractivity contribution < 1.29 is 23.1 Å². The number of hydrogen-bond donors (Lipinski definition) is 2. The van der Waals surface area contributed by atoms with Gasteiger partial charge in [-0.25, -0.2) is 8.78 Å². The average Bonchev–Trinajstić information content (AvgIpc) is 2.85. The highest BCUT2D eigenvalue weighted by molar-refractivity contribution is 5.91. The van der Waals surface area contributed by atoms with E-state index in [0.717, 1.165) is 17.7 Å². The fourth-order valence-electron chi connectivity index (χ4n) is 2.19. The second-order valence-corrected chi connectivity index (χ2v) is 4.93. The minimum absolute atomic E-state index is 0.107. The van der Waals surface area contributed by atoms with Crippen molar-refractivity contribution in [3.05, 3.63) is 58.5 Å². The van der Waals surface area contributed by atoms with Gasteiger partial charge in [-0.2, -0.15) is 0 Å². The van der Waals surface area contributed by atoms with Crippen LogP contribution in [0.4, 0.5) is 8.78 Å². The molecule has 1 aromatic heterocycles. The molecule has 0 aliphatic heterocycles. The highest BCUT2D eigenvalue weighted by Gasteiger charge is 2.20. The minimum atomic E-state index is -1.48. The summed E-state index contributed by atoms with van der Waals surface area (Å²) in [6.07, 6.45) is -0.825. The van der Waals surface area contributed by atoms with Crippen LogP contribution < -0.4 is 5.32 Å². The fraction of sp³-hybridized carbons (Fsp3) is 0.312. The molecule has 0 spiro atoms. The Labute approximate surface area is 126 Å².